The van der Waals surface area contributed by atoms with Gasteiger partial charge in [0.05, 0.1) is 33.9 Å². The Bertz CT molecular complexity index is 1070. The Morgan fingerprint density at radius 2 is 2.08 bits per heavy atom. The number of thioether (sulfide) groups is 1. The number of anilines is 1. The molecule has 3 saturated heterocycles. The van der Waals surface area contributed by atoms with Crippen LogP contribution in [0.4, 0.5) is 5.69 Å². The Balaban J connectivity index is 1.76. The number of carbonyl (C=O) groups is 3. The molecule has 3 unspecified atom stereocenters. The number of ether oxygens (including phenoxy) is 1. The second-order valence-electron chi connectivity index (χ2n) is 10.2. The normalized spacial score (nSPS) is 29.4. The molecule has 3 fully saturated rings. The van der Waals surface area contributed by atoms with Crippen LogP contribution in [0.5, 0.6) is 0 Å². The predicted octanol–water partition coefficient (Wildman–Crippen LogP) is 4.75. The van der Waals surface area contributed by atoms with Gasteiger partial charge >= 0.3 is 5.97 Å². The van der Waals surface area contributed by atoms with E-state index in [0.717, 1.165) is 18.4 Å². The summed E-state index contributed by atoms with van der Waals surface area (Å²) in [5.41, 5.74) is 1.47. The molecule has 2 bridgehead atoms. The van der Waals surface area contributed by atoms with Crippen molar-refractivity contribution < 1.29 is 24.2 Å². The lowest BCUT2D eigenvalue weighted by Crippen LogP contribution is -2.55. The van der Waals surface area contributed by atoms with Gasteiger partial charge in [-0.2, -0.15) is 0 Å². The van der Waals surface area contributed by atoms with E-state index in [1.807, 2.05) is 19.1 Å². The van der Waals surface area contributed by atoms with E-state index in [1.54, 1.807) is 40.6 Å². The zero-order chi connectivity index (χ0) is 27.6. The highest BCUT2D eigenvalue weighted by molar-refractivity contribution is 9.09. The second-order valence-corrected chi connectivity index (χ2v) is 13.4. The largest absolute Gasteiger partial charge is 0.466 e. The molecule has 0 aliphatic carbocycles. The SMILES string of the molecule is C=CCN(C(=O)C1N(CCCCCCO)C(=O)[C@@H]2[C@@H](C(=O)OCC)[C@@H]3SC12CC3Br)c1c(C)cccc1Cl. The van der Waals surface area contributed by atoms with Crippen LogP contribution in [0.15, 0.2) is 30.9 Å². The maximum atomic E-state index is 14.6. The van der Waals surface area contributed by atoms with E-state index < -0.39 is 22.6 Å². The molecule has 3 aliphatic rings. The zero-order valence-electron chi connectivity index (χ0n) is 21.9. The van der Waals surface area contributed by atoms with E-state index in [-0.39, 0.29) is 47.6 Å². The molecule has 7 nitrogen and oxygen atoms in total. The average molecular weight is 628 g/mol. The van der Waals surface area contributed by atoms with Gasteiger partial charge in [-0.15, -0.1) is 18.3 Å². The number of fused-ring (bicyclic) bond motifs is 1. The Labute approximate surface area is 242 Å². The molecule has 3 aliphatic heterocycles. The van der Waals surface area contributed by atoms with E-state index in [0.29, 0.717) is 36.5 Å². The first-order valence-electron chi connectivity index (χ1n) is 13.3. The van der Waals surface area contributed by atoms with E-state index in [9.17, 15) is 14.4 Å². The fraction of sp³-hybridized carbons (Fsp3) is 0.607. The van der Waals surface area contributed by atoms with Crippen LogP contribution in [0.25, 0.3) is 0 Å². The predicted molar refractivity (Wildman–Crippen MR) is 155 cm³/mol. The summed E-state index contributed by atoms with van der Waals surface area (Å²) in [4.78, 5) is 45.2. The van der Waals surface area contributed by atoms with E-state index in [1.165, 1.54) is 0 Å². The van der Waals surface area contributed by atoms with Crippen LogP contribution in [0, 0.1) is 18.8 Å². The second kappa shape index (κ2) is 12.3. The average Bonchev–Trinajstić information content (AvgIpc) is 3.46. The summed E-state index contributed by atoms with van der Waals surface area (Å²) in [6.07, 6.45) is 5.37. The molecule has 1 aromatic rings. The van der Waals surface area contributed by atoms with Gasteiger partial charge in [0.15, 0.2) is 0 Å². The van der Waals surface area contributed by atoms with Crippen LogP contribution < -0.4 is 4.90 Å². The lowest BCUT2D eigenvalue weighted by Gasteiger charge is -2.38. The third-order valence-electron chi connectivity index (χ3n) is 7.93. The van der Waals surface area contributed by atoms with Crippen molar-refractivity contribution in [2.24, 2.45) is 11.8 Å². The molecule has 0 saturated carbocycles. The summed E-state index contributed by atoms with van der Waals surface area (Å²) in [7, 11) is 0. The van der Waals surface area contributed by atoms with Gasteiger partial charge in [0.2, 0.25) is 5.91 Å². The number of benzene rings is 1. The van der Waals surface area contributed by atoms with Crippen LogP contribution in [0.2, 0.25) is 5.02 Å². The first-order valence-corrected chi connectivity index (χ1v) is 15.5. The highest BCUT2D eigenvalue weighted by atomic mass is 79.9. The number of rotatable bonds is 12. The number of halogens is 2. The molecule has 1 spiro atoms. The fourth-order valence-corrected chi connectivity index (χ4v) is 10.4. The van der Waals surface area contributed by atoms with E-state index >= 15 is 0 Å². The smallest absolute Gasteiger partial charge is 0.310 e. The summed E-state index contributed by atoms with van der Waals surface area (Å²) < 4.78 is 4.68. The molecule has 6 atom stereocenters. The lowest BCUT2D eigenvalue weighted by molar-refractivity contribution is -0.153. The first kappa shape index (κ1) is 29.4. The van der Waals surface area contributed by atoms with Gasteiger partial charge in [-0.1, -0.05) is 58.6 Å². The van der Waals surface area contributed by atoms with Gasteiger partial charge in [0.1, 0.15) is 6.04 Å². The molecule has 208 valence electrons. The fourth-order valence-electron chi connectivity index (χ4n) is 6.44. The molecule has 4 rings (SSSR count). The van der Waals surface area contributed by atoms with Gasteiger partial charge in [0.25, 0.3) is 5.91 Å². The molecule has 1 N–H and O–H groups in total. The highest BCUT2D eigenvalue weighted by Crippen LogP contribution is 2.68. The van der Waals surface area contributed by atoms with Gasteiger partial charge < -0.3 is 19.6 Å². The molecule has 3 heterocycles. The molecular formula is C28H36BrClN2O5S. The van der Waals surface area contributed by atoms with Gasteiger partial charge in [-0.25, -0.2) is 0 Å². The minimum absolute atomic E-state index is 0.0133. The summed E-state index contributed by atoms with van der Waals surface area (Å²) >= 11 is 12.0. The van der Waals surface area contributed by atoms with Gasteiger partial charge in [0, 0.05) is 29.8 Å². The summed E-state index contributed by atoms with van der Waals surface area (Å²) in [6.45, 7) is 8.58. The number of unbranched alkanes of at least 4 members (excludes halogenated alkanes) is 3. The minimum Gasteiger partial charge on any atom is -0.466 e. The van der Waals surface area contributed by atoms with Gasteiger partial charge in [-0.05, 0) is 44.7 Å². The molecular weight excluding hydrogens is 592 g/mol. The van der Waals surface area contributed by atoms with Crippen LogP contribution in [-0.4, -0.2) is 75.0 Å². The molecule has 2 amide bonds. The number of aliphatic hydroxyl groups excluding tert-OH is 1. The van der Waals surface area contributed by atoms with Crippen molar-refractivity contribution in [2.75, 3.05) is 31.2 Å². The topological polar surface area (TPSA) is 87.2 Å². The monoisotopic (exact) mass is 626 g/mol. The van der Waals surface area contributed by atoms with Crippen LogP contribution in [0.3, 0.4) is 0 Å². The zero-order valence-corrected chi connectivity index (χ0v) is 25.1. The number of carbonyl (C=O) groups excluding carboxylic acids is 3. The van der Waals surface area contributed by atoms with Crippen molar-refractivity contribution in [2.45, 2.75) is 66.8 Å². The number of hydrogen-bond acceptors (Lipinski definition) is 6. The summed E-state index contributed by atoms with van der Waals surface area (Å²) in [6, 6.07) is 4.76. The quantitative estimate of drug-likeness (QED) is 0.156. The summed E-state index contributed by atoms with van der Waals surface area (Å²) in [5.74, 6) is -1.93. The van der Waals surface area contributed by atoms with Crippen molar-refractivity contribution >= 4 is 62.8 Å². The van der Waals surface area contributed by atoms with Crippen molar-refractivity contribution in [1.82, 2.24) is 4.90 Å². The lowest BCUT2D eigenvalue weighted by atomic mass is 9.71. The molecule has 1 aromatic carbocycles. The first-order chi connectivity index (χ1) is 18.2. The number of hydrogen-bond donors (Lipinski definition) is 1. The van der Waals surface area contributed by atoms with Crippen LogP contribution in [0.1, 0.15) is 44.6 Å². The van der Waals surface area contributed by atoms with Crippen molar-refractivity contribution in [3.05, 3.63) is 41.4 Å². The van der Waals surface area contributed by atoms with Crippen LogP contribution >= 0.6 is 39.3 Å². The number of alkyl halides is 1. The Kier molecular flexibility index (Phi) is 9.54. The number of esters is 1. The minimum atomic E-state index is -0.747. The molecule has 10 heteroatoms. The molecule has 38 heavy (non-hydrogen) atoms. The van der Waals surface area contributed by atoms with Gasteiger partial charge in [-0.3, -0.25) is 14.4 Å². The molecule has 0 radical (unpaired) electrons. The molecule has 0 aromatic heterocycles. The Morgan fingerprint density at radius 1 is 1.34 bits per heavy atom. The van der Waals surface area contributed by atoms with Crippen LogP contribution in [-0.2, 0) is 19.1 Å². The highest BCUT2D eigenvalue weighted by Gasteiger charge is 2.76. The number of para-hydroxylation sites is 1. The van der Waals surface area contributed by atoms with E-state index in [4.69, 9.17) is 21.4 Å². The van der Waals surface area contributed by atoms with Crippen molar-refractivity contribution in [3.63, 3.8) is 0 Å². The maximum absolute atomic E-state index is 14.6. The Hall–Kier alpha value is -1.55. The van der Waals surface area contributed by atoms with Crippen molar-refractivity contribution in [3.8, 4) is 0 Å². The number of amides is 2. The third-order valence-corrected chi connectivity index (χ3v) is 11.4. The Morgan fingerprint density at radius 3 is 2.74 bits per heavy atom. The van der Waals surface area contributed by atoms with E-state index in [2.05, 4.69) is 22.5 Å². The maximum Gasteiger partial charge on any atom is 0.310 e. The number of likely N-dealkylation sites (tertiary alicyclic amines) is 1. The number of aliphatic hydroxyl groups is 1. The standard InChI is InChI=1S/C28H36BrClN2O5S/c1-4-13-31(22-17(3)11-10-12-19(22)30)26(35)24-28-16-18(29)23(38-28)20(27(36)37-5-2)21(28)25(34)32(24)14-8-6-7-9-15-33/h4,10-12,18,20-21,23-24,33H,1,5-9,13-16H2,2-3H3/t18?,20-,21+,23-,24?,28?/m1/s1. The third kappa shape index (κ3) is 5.04. The summed E-state index contributed by atoms with van der Waals surface area (Å²) in [5, 5.41) is 9.46. The number of aryl methyl sites for hydroxylation is 1. The van der Waals surface area contributed by atoms with Crippen molar-refractivity contribution in [1.29, 1.82) is 0 Å². The number of nitrogens with zero attached hydrogens (tertiary/aromatic N) is 2.